The molecule has 0 N–H and O–H groups in total. The van der Waals surface area contributed by atoms with Crippen LogP contribution >= 0.6 is 0 Å². The Morgan fingerprint density at radius 3 is 2.46 bits per heavy atom. The Bertz CT molecular complexity index is 800. The lowest BCUT2D eigenvalue weighted by molar-refractivity contribution is 0.0989. The Morgan fingerprint density at radius 2 is 1.71 bits per heavy atom. The van der Waals surface area contributed by atoms with Crippen LogP contribution in [0.25, 0.3) is 0 Å². The van der Waals surface area contributed by atoms with Gasteiger partial charge in [-0.3, -0.25) is 4.79 Å². The molecule has 0 bridgehead atoms. The van der Waals surface area contributed by atoms with E-state index in [0.717, 1.165) is 48.6 Å². The van der Waals surface area contributed by atoms with Crippen LogP contribution < -0.4 is 9.80 Å². The second-order valence-corrected chi connectivity index (χ2v) is 6.34. The van der Waals surface area contributed by atoms with Gasteiger partial charge < -0.3 is 9.80 Å². The molecule has 0 unspecified atom stereocenters. The minimum Gasteiger partial charge on any atom is -0.371 e. The molecule has 3 nitrogen and oxygen atoms in total. The molecule has 0 aliphatic carbocycles. The SMILES string of the molecule is O=C(c1ccc(F)c(F)c1)N1CCc2ccc(N3CCCC3)cc21. The fraction of sp³-hybridized carbons (Fsp3) is 0.316. The summed E-state index contributed by atoms with van der Waals surface area (Å²) in [5.74, 6) is -2.22. The average molecular weight is 328 g/mol. The molecule has 0 aromatic heterocycles. The third-order valence-corrected chi connectivity index (χ3v) is 4.85. The van der Waals surface area contributed by atoms with Crippen LogP contribution in [-0.4, -0.2) is 25.5 Å². The van der Waals surface area contributed by atoms with Crippen LogP contribution in [0.5, 0.6) is 0 Å². The highest BCUT2D eigenvalue weighted by Gasteiger charge is 2.27. The Morgan fingerprint density at radius 1 is 0.917 bits per heavy atom. The molecule has 2 aliphatic heterocycles. The summed E-state index contributed by atoms with van der Waals surface area (Å²) < 4.78 is 26.5. The summed E-state index contributed by atoms with van der Waals surface area (Å²) in [5.41, 5.74) is 3.30. The van der Waals surface area contributed by atoms with Crippen molar-refractivity contribution in [1.82, 2.24) is 0 Å². The lowest BCUT2D eigenvalue weighted by Crippen LogP contribution is -2.29. The highest BCUT2D eigenvalue weighted by atomic mass is 19.2. The van der Waals surface area contributed by atoms with Crippen molar-refractivity contribution >= 4 is 17.3 Å². The molecule has 0 saturated carbocycles. The number of hydrogen-bond acceptors (Lipinski definition) is 2. The maximum Gasteiger partial charge on any atom is 0.258 e. The lowest BCUT2D eigenvalue weighted by atomic mass is 10.1. The van der Waals surface area contributed by atoms with E-state index in [0.29, 0.717) is 6.54 Å². The first kappa shape index (κ1) is 15.1. The molecular formula is C19H18F2N2O. The van der Waals surface area contributed by atoms with E-state index in [1.54, 1.807) is 4.90 Å². The van der Waals surface area contributed by atoms with Gasteiger partial charge in [-0.2, -0.15) is 0 Å². The number of carbonyl (C=O) groups is 1. The van der Waals surface area contributed by atoms with Gasteiger partial charge in [0, 0.05) is 36.6 Å². The fourth-order valence-corrected chi connectivity index (χ4v) is 3.54. The molecule has 4 rings (SSSR count). The van der Waals surface area contributed by atoms with Crippen LogP contribution in [0.3, 0.4) is 0 Å². The van der Waals surface area contributed by atoms with Gasteiger partial charge in [-0.25, -0.2) is 8.78 Å². The molecule has 2 aromatic carbocycles. The largest absolute Gasteiger partial charge is 0.371 e. The van der Waals surface area contributed by atoms with E-state index < -0.39 is 11.6 Å². The van der Waals surface area contributed by atoms with E-state index in [1.165, 1.54) is 18.9 Å². The summed E-state index contributed by atoms with van der Waals surface area (Å²) >= 11 is 0. The number of amides is 1. The van der Waals surface area contributed by atoms with Crippen molar-refractivity contribution in [2.75, 3.05) is 29.4 Å². The van der Waals surface area contributed by atoms with Crippen molar-refractivity contribution in [3.8, 4) is 0 Å². The molecular weight excluding hydrogens is 310 g/mol. The molecule has 5 heteroatoms. The second kappa shape index (κ2) is 5.89. The van der Waals surface area contributed by atoms with Gasteiger partial charge in [0.15, 0.2) is 11.6 Å². The molecule has 1 fully saturated rings. The number of anilines is 2. The number of carbonyl (C=O) groups excluding carboxylic acids is 1. The summed E-state index contributed by atoms with van der Waals surface area (Å²) in [6.07, 6.45) is 3.16. The standard InChI is InChI=1S/C19H18F2N2O/c20-16-6-4-14(11-17(16)21)19(24)23-10-7-13-3-5-15(12-18(13)23)22-8-1-2-9-22/h3-6,11-12H,1-2,7-10H2. The topological polar surface area (TPSA) is 23.6 Å². The van der Waals surface area contributed by atoms with Crippen molar-refractivity contribution in [3.05, 3.63) is 59.2 Å². The van der Waals surface area contributed by atoms with Gasteiger partial charge in [0.1, 0.15) is 0 Å². The minimum atomic E-state index is -0.994. The van der Waals surface area contributed by atoms with Crippen LogP contribution in [-0.2, 0) is 6.42 Å². The average Bonchev–Trinajstić information content (AvgIpc) is 3.25. The van der Waals surface area contributed by atoms with Gasteiger partial charge in [0.2, 0.25) is 0 Å². The van der Waals surface area contributed by atoms with E-state index in [4.69, 9.17) is 0 Å². The van der Waals surface area contributed by atoms with Crippen LogP contribution in [0.4, 0.5) is 20.2 Å². The van der Waals surface area contributed by atoms with Crippen LogP contribution in [0.15, 0.2) is 36.4 Å². The Balaban J connectivity index is 1.65. The zero-order valence-corrected chi connectivity index (χ0v) is 13.3. The van der Waals surface area contributed by atoms with E-state index in [1.807, 2.05) is 6.07 Å². The van der Waals surface area contributed by atoms with Crippen LogP contribution in [0, 0.1) is 11.6 Å². The maximum absolute atomic E-state index is 13.4. The molecule has 1 amide bonds. The molecule has 1 saturated heterocycles. The van der Waals surface area contributed by atoms with Crippen molar-refractivity contribution in [2.45, 2.75) is 19.3 Å². The fourth-order valence-electron chi connectivity index (χ4n) is 3.54. The number of rotatable bonds is 2. The third kappa shape index (κ3) is 2.54. The van der Waals surface area contributed by atoms with Crippen LogP contribution in [0.2, 0.25) is 0 Å². The molecule has 2 aromatic rings. The van der Waals surface area contributed by atoms with Gasteiger partial charge in [-0.1, -0.05) is 6.07 Å². The number of halogens is 2. The second-order valence-electron chi connectivity index (χ2n) is 6.34. The predicted molar refractivity (Wildman–Crippen MR) is 89.6 cm³/mol. The van der Waals surface area contributed by atoms with E-state index >= 15 is 0 Å². The number of fused-ring (bicyclic) bond motifs is 1. The summed E-state index contributed by atoms with van der Waals surface area (Å²) in [7, 11) is 0. The van der Waals surface area contributed by atoms with Gasteiger partial charge >= 0.3 is 0 Å². The van der Waals surface area contributed by atoms with Gasteiger partial charge in [-0.05, 0) is 55.2 Å². The number of benzene rings is 2. The summed E-state index contributed by atoms with van der Waals surface area (Å²) in [6, 6.07) is 9.53. The summed E-state index contributed by atoms with van der Waals surface area (Å²) in [4.78, 5) is 16.7. The van der Waals surface area contributed by atoms with Gasteiger partial charge in [-0.15, -0.1) is 0 Å². The van der Waals surface area contributed by atoms with Crippen molar-refractivity contribution in [1.29, 1.82) is 0 Å². The lowest BCUT2D eigenvalue weighted by Gasteiger charge is -2.22. The molecule has 0 radical (unpaired) electrons. The Labute approximate surface area is 139 Å². The van der Waals surface area contributed by atoms with Crippen molar-refractivity contribution < 1.29 is 13.6 Å². The first-order chi connectivity index (χ1) is 11.6. The van der Waals surface area contributed by atoms with Gasteiger partial charge in [0.05, 0.1) is 0 Å². The predicted octanol–water partition coefficient (Wildman–Crippen LogP) is 3.77. The molecule has 24 heavy (non-hydrogen) atoms. The molecule has 124 valence electrons. The zero-order valence-electron chi connectivity index (χ0n) is 13.3. The first-order valence-electron chi connectivity index (χ1n) is 8.28. The summed E-state index contributed by atoms with van der Waals surface area (Å²) in [6.45, 7) is 2.64. The quantitative estimate of drug-likeness (QED) is 0.838. The van der Waals surface area contributed by atoms with Crippen LogP contribution in [0.1, 0.15) is 28.8 Å². The molecule has 2 heterocycles. The Kier molecular flexibility index (Phi) is 3.71. The third-order valence-electron chi connectivity index (χ3n) is 4.85. The van der Waals surface area contributed by atoms with Crippen molar-refractivity contribution in [2.24, 2.45) is 0 Å². The normalized spacial score (nSPS) is 16.6. The van der Waals surface area contributed by atoms with E-state index in [2.05, 4.69) is 17.0 Å². The Hall–Kier alpha value is -2.43. The maximum atomic E-state index is 13.4. The van der Waals surface area contributed by atoms with Gasteiger partial charge in [0.25, 0.3) is 5.91 Å². The van der Waals surface area contributed by atoms with E-state index in [-0.39, 0.29) is 11.5 Å². The highest BCUT2D eigenvalue weighted by molar-refractivity contribution is 6.07. The number of hydrogen-bond donors (Lipinski definition) is 0. The molecule has 0 spiro atoms. The monoisotopic (exact) mass is 328 g/mol. The molecule has 0 atom stereocenters. The smallest absolute Gasteiger partial charge is 0.258 e. The van der Waals surface area contributed by atoms with Crippen molar-refractivity contribution in [3.63, 3.8) is 0 Å². The molecule has 2 aliphatic rings. The first-order valence-corrected chi connectivity index (χ1v) is 8.28. The zero-order chi connectivity index (χ0) is 16.7. The number of nitrogens with zero attached hydrogens (tertiary/aromatic N) is 2. The summed E-state index contributed by atoms with van der Waals surface area (Å²) in [5, 5.41) is 0. The van der Waals surface area contributed by atoms with E-state index in [9.17, 15) is 13.6 Å². The minimum absolute atomic E-state index is 0.174. The highest BCUT2D eigenvalue weighted by Crippen LogP contribution is 2.34.